The Balaban J connectivity index is 1.61. The summed E-state index contributed by atoms with van der Waals surface area (Å²) in [4.78, 5) is 4.41. The molecule has 0 saturated carbocycles. The quantitative estimate of drug-likeness (QED) is 0.0544. The molecule has 0 saturated heterocycles. The van der Waals surface area contributed by atoms with Gasteiger partial charge in [-0.25, -0.2) is 13.4 Å². The van der Waals surface area contributed by atoms with E-state index in [1.54, 1.807) is 26.2 Å². The van der Waals surface area contributed by atoms with Crippen molar-refractivity contribution in [1.82, 2.24) is 4.98 Å². The van der Waals surface area contributed by atoms with Crippen LogP contribution < -0.4 is 10.6 Å². The summed E-state index contributed by atoms with van der Waals surface area (Å²) >= 11 is 0. The maximum absolute atomic E-state index is 11.6. The lowest BCUT2D eigenvalue weighted by molar-refractivity contribution is 0.159. The average Bonchev–Trinajstić information content (AvgIpc) is 3.10. The second kappa shape index (κ2) is 17.5. The second-order valence-electron chi connectivity index (χ2n) is 10.6. The lowest BCUT2D eigenvalue weighted by Gasteiger charge is -2.16. The molecule has 0 fully saturated rings. The third-order valence-electron chi connectivity index (χ3n) is 7.19. The van der Waals surface area contributed by atoms with Gasteiger partial charge < -0.3 is 20.1 Å². The molecule has 0 atom stereocenters. The van der Waals surface area contributed by atoms with Crippen molar-refractivity contribution >= 4 is 65.1 Å². The summed E-state index contributed by atoms with van der Waals surface area (Å²) in [6.45, 7) is 6.52. The van der Waals surface area contributed by atoms with Gasteiger partial charge in [0.15, 0.2) is 15.7 Å². The van der Waals surface area contributed by atoms with Crippen LogP contribution in [0.5, 0.6) is 0 Å². The molecule has 0 amide bonds. The fourth-order valence-corrected chi connectivity index (χ4v) is 5.57. The van der Waals surface area contributed by atoms with Crippen molar-refractivity contribution in [3.05, 3.63) is 83.8 Å². The fourth-order valence-electron chi connectivity index (χ4n) is 4.57. The number of fused-ring (bicyclic) bond motifs is 1. The highest BCUT2D eigenvalue weighted by atomic mass is 32.2. The van der Waals surface area contributed by atoms with Crippen LogP contribution in [0.25, 0.3) is 10.8 Å². The molecule has 17 heteroatoms. The van der Waals surface area contributed by atoms with Crippen LogP contribution >= 0.6 is 0 Å². The van der Waals surface area contributed by atoms with Crippen molar-refractivity contribution in [1.29, 1.82) is 5.26 Å². The van der Waals surface area contributed by atoms with E-state index in [2.05, 4.69) is 48.7 Å². The summed E-state index contributed by atoms with van der Waals surface area (Å²) in [7, 11) is -6.07. The molecular weight excluding hydrogens is 685 g/mol. The highest BCUT2D eigenvalue weighted by molar-refractivity contribution is 7.94. The van der Waals surface area contributed by atoms with E-state index in [-0.39, 0.29) is 36.0 Å². The third kappa shape index (κ3) is 10.2. The highest BCUT2D eigenvalue weighted by Crippen LogP contribution is 2.38. The van der Waals surface area contributed by atoms with Crippen LogP contribution in [0.2, 0.25) is 0 Å². The van der Waals surface area contributed by atoms with Gasteiger partial charge in [-0.2, -0.15) is 18.8 Å². The molecule has 1 aromatic heterocycles. The van der Waals surface area contributed by atoms with Gasteiger partial charge in [0, 0.05) is 48.6 Å². The Morgan fingerprint density at radius 3 is 2.12 bits per heavy atom. The number of benzene rings is 3. The minimum Gasteiger partial charge on any atom is -0.385 e. The summed E-state index contributed by atoms with van der Waals surface area (Å²) in [5, 5.41) is 36.4. The monoisotopic (exact) mass is 720 g/mol. The number of aromatic nitrogens is 1. The number of azo groups is 2. The van der Waals surface area contributed by atoms with Crippen LogP contribution in [0.3, 0.4) is 0 Å². The number of ether oxygens (including phenoxy) is 2. The molecule has 0 aliphatic rings. The van der Waals surface area contributed by atoms with Gasteiger partial charge in [0.1, 0.15) is 17.6 Å². The van der Waals surface area contributed by atoms with E-state index >= 15 is 0 Å². The smallest absolute Gasteiger partial charge is 0.294 e. The van der Waals surface area contributed by atoms with Crippen molar-refractivity contribution in [3.63, 3.8) is 0 Å². The lowest BCUT2D eigenvalue weighted by Crippen LogP contribution is -2.16. The number of methoxy groups -OCH3 is 1. The molecule has 0 aliphatic heterocycles. The minimum absolute atomic E-state index is 0.00517. The molecule has 4 rings (SSSR count). The minimum atomic E-state index is -4.32. The van der Waals surface area contributed by atoms with E-state index in [9.17, 15) is 26.7 Å². The third-order valence-corrected chi connectivity index (χ3v) is 9.30. The summed E-state index contributed by atoms with van der Waals surface area (Å²) in [5.41, 5.74) is 2.62. The number of hydrogen-bond donors (Lipinski definition) is 3. The first-order valence-electron chi connectivity index (χ1n) is 15.2. The van der Waals surface area contributed by atoms with Crippen molar-refractivity contribution < 1.29 is 30.9 Å². The predicted octanol–water partition coefficient (Wildman–Crippen LogP) is 6.93. The molecule has 0 spiro atoms. The lowest BCUT2D eigenvalue weighted by atomic mass is 10.1. The van der Waals surface area contributed by atoms with Gasteiger partial charge in [0.2, 0.25) is 0 Å². The van der Waals surface area contributed by atoms with Crippen LogP contribution in [0.15, 0.2) is 98.0 Å². The van der Waals surface area contributed by atoms with Crippen molar-refractivity contribution in [2.45, 2.75) is 18.2 Å². The molecule has 3 N–H and O–H groups in total. The molecule has 0 unspecified atom stereocenters. The molecule has 262 valence electrons. The average molecular weight is 721 g/mol. The molecular formula is C33H36N8O7S2. The molecule has 4 aromatic rings. The second-order valence-corrected chi connectivity index (χ2v) is 14.1. The topological polar surface area (TPSA) is 217 Å². The Kier molecular flexibility index (Phi) is 13.2. The largest absolute Gasteiger partial charge is 0.385 e. The number of rotatable bonds is 18. The molecule has 0 radical (unpaired) electrons. The van der Waals surface area contributed by atoms with Crippen LogP contribution in [-0.4, -0.2) is 72.1 Å². The molecule has 0 bridgehead atoms. The zero-order valence-electron chi connectivity index (χ0n) is 27.4. The predicted molar refractivity (Wildman–Crippen MR) is 191 cm³/mol. The zero-order valence-corrected chi connectivity index (χ0v) is 29.0. The number of sulfone groups is 1. The van der Waals surface area contributed by atoms with Gasteiger partial charge in [-0.1, -0.05) is 30.8 Å². The SMILES string of the molecule is C=CS(=O)(=O)CCOCCNc1nc(NCCCOC)c(N=Nc2ccc(N=Nc3ccc(S(=O)(=O)O)cc3)c3ccccc23)c(C)c1C#N. The standard InChI is InChI=1S/C33H36N8O7S2/c1-4-49(42,43)21-20-48-19-17-36-32-28(22-34)23(2)31(33(37-32)35-16-7-18-47-3)41-40-30-15-14-29(26-8-5-6-9-27(26)30)39-38-24-10-12-25(13-11-24)50(44,45)46/h4-6,8-15H,1,7,16-21H2,2-3H3,(H2,35,36,37)(H,44,45,46). The number of pyridine rings is 1. The van der Waals surface area contributed by atoms with E-state index in [1.165, 1.54) is 24.3 Å². The number of nitrogens with one attached hydrogen (secondary N) is 2. The molecule has 0 aliphatic carbocycles. The van der Waals surface area contributed by atoms with E-state index < -0.39 is 20.0 Å². The Bertz CT molecular complexity index is 2150. The Morgan fingerprint density at radius 2 is 1.52 bits per heavy atom. The van der Waals surface area contributed by atoms with Crippen LogP contribution in [0.4, 0.5) is 34.4 Å². The highest BCUT2D eigenvalue weighted by Gasteiger charge is 2.18. The Labute approximate surface area is 290 Å². The maximum atomic E-state index is 11.6. The number of nitrogens with zero attached hydrogens (tertiary/aromatic N) is 6. The van der Waals surface area contributed by atoms with Crippen molar-refractivity contribution in [3.8, 4) is 6.07 Å². The molecule has 50 heavy (non-hydrogen) atoms. The molecule has 3 aromatic carbocycles. The van der Waals surface area contributed by atoms with Crippen LogP contribution in [-0.2, 0) is 29.4 Å². The normalized spacial score (nSPS) is 12.0. The summed E-state index contributed by atoms with van der Waals surface area (Å²) in [6, 6.07) is 18.4. The maximum Gasteiger partial charge on any atom is 0.294 e. The Morgan fingerprint density at radius 1 is 0.880 bits per heavy atom. The van der Waals surface area contributed by atoms with Crippen molar-refractivity contribution in [2.24, 2.45) is 20.5 Å². The first-order valence-corrected chi connectivity index (χ1v) is 18.4. The van der Waals surface area contributed by atoms with E-state index in [4.69, 9.17) is 9.47 Å². The number of anilines is 2. The van der Waals surface area contributed by atoms with Crippen molar-refractivity contribution in [2.75, 3.05) is 56.4 Å². The number of hydrogen-bond acceptors (Lipinski definition) is 14. The van der Waals surface area contributed by atoms with Gasteiger partial charge >= 0.3 is 0 Å². The van der Waals surface area contributed by atoms with Gasteiger partial charge in [-0.15, -0.1) is 15.3 Å². The first-order chi connectivity index (χ1) is 24.0. The fraction of sp³-hybridized carbons (Fsp3) is 0.273. The Hall–Kier alpha value is -5.12. The summed E-state index contributed by atoms with van der Waals surface area (Å²) in [6.07, 6.45) is 0.684. The summed E-state index contributed by atoms with van der Waals surface area (Å²) in [5.74, 6) is 0.537. The molecule has 1 heterocycles. The summed E-state index contributed by atoms with van der Waals surface area (Å²) < 4.78 is 65.6. The van der Waals surface area contributed by atoms with E-state index in [0.717, 1.165) is 16.2 Å². The van der Waals surface area contributed by atoms with E-state index in [0.29, 0.717) is 59.5 Å². The van der Waals surface area contributed by atoms with Crippen LogP contribution in [0.1, 0.15) is 17.5 Å². The van der Waals surface area contributed by atoms with E-state index in [1.807, 2.05) is 24.3 Å². The van der Waals surface area contributed by atoms with Gasteiger partial charge in [0.05, 0.1) is 46.5 Å². The molecule has 15 nitrogen and oxygen atoms in total. The first kappa shape index (κ1) is 37.7. The number of nitriles is 1. The van der Waals surface area contributed by atoms with Gasteiger partial charge in [0.25, 0.3) is 10.1 Å². The van der Waals surface area contributed by atoms with Gasteiger partial charge in [-0.05, 0) is 49.7 Å². The van der Waals surface area contributed by atoms with Gasteiger partial charge in [-0.3, -0.25) is 4.55 Å². The van der Waals surface area contributed by atoms with Crippen LogP contribution in [0, 0.1) is 18.3 Å². The zero-order chi connectivity index (χ0) is 36.1.